The Kier molecular flexibility index (Phi) is 5.69. The fourth-order valence-corrected chi connectivity index (χ4v) is 4.69. The highest BCUT2D eigenvalue weighted by Gasteiger charge is 2.39. The molecule has 2 aliphatic rings. The smallest absolute Gasteiger partial charge is 0.253 e. The maximum atomic E-state index is 13.0. The Bertz CT molecular complexity index is 853. The van der Waals surface area contributed by atoms with E-state index in [9.17, 15) is 9.59 Å². The molecule has 4 rings (SSSR count). The van der Waals surface area contributed by atoms with Crippen LogP contribution in [0.2, 0.25) is 0 Å². The monoisotopic (exact) mass is 394 g/mol. The van der Waals surface area contributed by atoms with E-state index in [1.165, 1.54) is 0 Å². The lowest BCUT2D eigenvalue weighted by molar-refractivity contribution is -0.138. The van der Waals surface area contributed by atoms with Crippen molar-refractivity contribution in [2.75, 3.05) is 19.6 Å². The number of hydrogen-bond donors (Lipinski definition) is 0. The highest BCUT2D eigenvalue weighted by atomic mass is 16.2. The van der Waals surface area contributed by atoms with Gasteiger partial charge in [-0.1, -0.05) is 32.0 Å². The normalized spacial score (nSPS) is 20.4. The first kappa shape index (κ1) is 19.7. The molecular weight excluding hydrogens is 364 g/mol. The summed E-state index contributed by atoms with van der Waals surface area (Å²) in [6.45, 7) is 7.06. The van der Waals surface area contributed by atoms with Crippen LogP contribution < -0.4 is 0 Å². The van der Waals surface area contributed by atoms with E-state index in [4.69, 9.17) is 0 Å². The van der Waals surface area contributed by atoms with E-state index >= 15 is 0 Å². The summed E-state index contributed by atoms with van der Waals surface area (Å²) < 4.78 is 2.21. The van der Waals surface area contributed by atoms with Crippen molar-refractivity contribution in [3.63, 3.8) is 0 Å². The van der Waals surface area contributed by atoms with E-state index in [0.717, 1.165) is 56.8 Å². The number of rotatable bonds is 3. The van der Waals surface area contributed by atoms with Crippen LogP contribution in [0.1, 0.15) is 55.3 Å². The molecule has 2 aliphatic heterocycles. The van der Waals surface area contributed by atoms with E-state index in [1.807, 2.05) is 61.5 Å². The highest BCUT2D eigenvalue weighted by molar-refractivity contribution is 5.94. The van der Waals surface area contributed by atoms with Crippen LogP contribution in [0.4, 0.5) is 0 Å². The third-order valence-electron chi connectivity index (χ3n) is 6.22. The summed E-state index contributed by atoms with van der Waals surface area (Å²) in [5.41, 5.74) is 0.743. The Morgan fingerprint density at radius 1 is 1.03 bits per heavy atom. The molecule has 1 aromatic carbocycles. The second kappa shape index (κ2) is 8.39. The second-order valence-corrected chi connectivity index (χ2v) is 8.46. The molecule has 0 spiro atoms. The van der Waals surface area contributed by atoms with Crippen molar-refractivity contribution in [1.82, 2.24) is 19.4 Å². The summed E-state index contributed by atoms with van der Waals surface area (Å²) in [6.07, 6.45) is 6.60. The predicted molar refractivity (Wildman–Crippen MR) is 111 cm³/mol. The topological polar surface area (TPSA) is 58.4 Å². The first-order chi connectivity index (χ1) is 14.1. The quantitative estimate of drug-likeness (QED) is 0.802. The number of fused-ring (bicyclic) bond motifs is 1. The SMILES string of the molecule is CC(C)C(=O)N1CCCn2ccnc2C1C1CCN(C(=O)c2ccccc2)CC1. The molecule has 0 bridgehead atoms. The minimum atomic E-state index is -0.0289. The number of carbonyl (C=O) groups is 2. The Hall–Kier alpha value is -2.63. The summed E-state index contributed by atoms with van der Waals surface area (Å²) in [7, 11) is 0. The first-order valence-electron chi connectivity index (χ1n) is 10.7. The zero-order valence-electron chi connectivity index (χ0n) is 17.3. The minimum Gasteiger partial charge on any atom is -0.339 e. The Labute approximate surface area is 172 Å². The average Bonchev–Trinajstić information content (AvgIpc) is 3.13. The number of nitrogens with zero attached hydrogens (tertiary/aromatic N) is 4. The zero-order chi connectivity index (χ0) is 20.4. The lowest BCUT2D eigenvalue weighted by Gasteiger charge is -2.40. The molecule has 3 heterocycles. The van der Waals surface area contributed by atoms with Crippen molar-refractivity contribution in [1.29, 1.82) is 0 Å². The number of amides is 2. The van der Waals surface area contributed by atoms with Crippen LogP contribution >= 0.6 is 0 Å². The van der Waals surface area contributed by atoms with E-state index in [2.05, 4.69) is 14.5 Å². The van der Waals surface area contributed by atoms with Crippen molar-refractivity contribution in [2.45, 2.75) is 45.7 Å². The number of imidazole rings is 1. The number of piperidine rings is 1. The van der Waals surface area contributed by atoms with E-state index < -0.39 is 0 Å². The summed E-state index contributed by atoms with van der Waals surface area (Å²) in [4.78, 5) is 34.5. The number of aryl methyl sites for hydroxylation is 1. The Morgan fingerprint density at radius 2 is 1.76 bits per heavy atom. The summed E-state index contributed by atoms with van der Waals surface area (Å²) in [5, 5.41) is 0. The summed E-state index contributed by atoms with van der Waals surface area (Å²) >= 11 is 0. The first-order valence-corrected chi connectivity index (χ1v) is 10.7. The van der Waals surface area contributed by atoms with Crippen LogP contribution in [0, 0.1) is 11.8 Å². The van der Waals surface area contributed by atoms with Crippen LogP contribution in [0.15, 0.2) is 42.7 Å². The van der Waals surface area contributed by atoms with Gasteiger partial charge in [0.1, 0.15) is 5.82 Å². The van der Waals surface area contributed by atoms with Gasteiger partial charge in [-0.3, -0.25) is 9.59 Å². The van der Waals surface area contributed by atoms with E-state index in [0.29, 0.717) is 5.92 Å². The minimum absolute atomic E-state index is 0.00335. The van der Waals surface area contributed by atoms with Crippen LogP contribution in [-0.4, -0.2) is 50.8 Å². The van der Waals surface area contributed by atoms with Gasteiger partial charge in [0, 0.05) is 50.1 Å². The fraction of sp³-hybridized carbons (Fsp3) is 0.522. The van der Waals surface area contributed by atoms with Crippen LogP contribution in [-0.2, 0) is 11.3 Å². The lowest BCUT2D eigenvalue weighted by Crippen LogP contribution is -2.46. The molecule has 1 unspecified atom stereocenters. The van der Waals surface area contributed by atoms with Gasteiger partial charge in [-0.2, -0.15) is 0 Å². The third kappa shape index (κ3) is 3.93. The number of benzene rings is 1. The van der Waals surface area contributed by atoms with Gasteiger partial charge in [0.15, 0.2) is 0 Å². The zero-order valence-corrected chi connectivity index (χ0v) is 17.3. The highest BCUT2D eigenvalue weighted by Crippen LogP contribution is 2.37. The van der Waals surface area contributed by atoms with Gasteiger partial charge in [0.25, 0.3) is 5.91 Å². The largest absolute Gasteiger partial charge is 0.339 e. The molecular formula is C23H30N4O2. The maximum Gasteiger partial charge on any atom is 0.253 e. The van der Waals surface area contributed by atoms with Crippen molar-refractivity contribution in [2.24, 2.45) is 11.8 Å². The molecule has 1 fully saturated rings. The van der Waals surface area contributed by atoms with Gasteiger partial charge in [-0.25, -0.2) is 4.98 Å². The average molecular weight is 395 g/mol. The Balaban J connectivity index is 1.53. The van der Waals surface area contributed by atoms with Crippen LogP contribution in [0.25, 0.3) is 0 Å². The lowest BCUT2D eigenvalue weighted by atomic mass is 9.87. The molecule has 6 heteroatoms. The van der Waals surface area contributed by atoms with Gasteiger partial charge in [-0.15, -0.1) is 0 Å². The molecule has 29 heavy (non-hydrogen) atoms. The molecule has 6 nitrogen and oxygen atoms in total. The van der Waals surface area contributed by atoms with Crippen LogP contribution in [0.3, 0.4) is 0 Å². The van der Waals surface area contributed by atoms with Crippen molar-refractivity contribution < 1.29 is 9.59 Å². The number of aromatic nitrogens is 2. The summed E-state index contributed by atoms with van der Waals surface area (Å²) in [6, 6.07) is 9.48. The van der Waals surface area contributed by atoms with Crippen LogP contribution in [0.5, 0.6) is 0 Å². The molecule has 0 radical (unpaired) electrons. The fourth-order valence-electron chi connectivity index (χ4n) is 4.69. The summed E-state index contributed by atoms with van der Waals surface area (Å²) in [5.74, 6) is 1.59. The van der Waals surface area contributed by atoms with Gasteiger partial charge >= 0.3 is 0 Å². The molecule has 0 N–H and O–H groups in total. The molecule has 1 aromatic heterocycles. The van der Waals surface area contributed by atoms with Gasteiger partial charge in [0.2, 0.25) is 5.91 Å². The number of carbonyl (C=O) groups excluding carboxylic acids is 2. The molecule has 154 valence electrons. The van der Waals surface area contributed by atoms with Crippen molar-refractivity contribution in [3.8, 4) is 0 Å². The predicted octanol–water partition coefficient (Wildman–Crippen LogP) is 3.36. The van der Waals surface area contributed by atoms with Gasteiger partial charge in [-0.05, 0) is 37.3 Å². The molecule has 2 aromatic rings. The standard InChI is InChI=1S/C23H30N4O2/c1-17(2)22(28)27-13-6-12-25-16-11-24-21(25)20(27)18-9-14-26(15-10-18)23(29)19-7-4-3-5-8-19/h3-5,7-8,11,16-18,20H,6,9-10,12-15H2,1-2H3. The second-order valence-electron chi connectivity index (χ2n) is 8.46. The molecule has 0 aliphatic carbocycles. The molecule has 2 amide bonds. The molecule has 1 saturated heterocycles. The van der Waals surface area contributed by atoms with E-state index in [-0.39, 0.29) is 23.8 Å². The molecule has 1 atom stereocenters. The Morgan fingerprint density at radius 3 is 2.45 bits per heavy atom. The van der Waals surface area contributed by atoms with Gasteiger partial charge < -0.3 is 14.4 Å². The van der Waals surface area contributed by atoms with Crippen molar-refractivity contribution >= 4 is 11.8 Å². The van der Waals surface area contributed by atoms with E-state index in [1.54, 1.807) is 0 Å². The number of hydrogen-bond acceptors (Lipinski definition) is 3. The van der Waals surface area contributed by atoms with Crippen molar-refractivity contribution in [3.05, 3.63) is 54.1 Å². The maximum absolute atomic E-state index is 13.0. The number of likely N-dealkylation sites (tertiary alicyclic amines) is 1. The van der Waals surface area contributed by atoms with Gasteiger partial charge in [0.05, 0.1) is 6.04 Å². The third-order valence-corrected chi connectivity index (χ3v) is 6.22. The molecule has 0 saturated carbocycles.